The first-order valence-corrected chi connectivity index (χ1v) is 5.02. The van der Waals surface area contributed by atoms with E-state index in [2.05, 4.69) is 0 Å². The molecular weight excluding hydrogens is 195 g/mol. The number of rotatable bonds is 6. The second-order valence-corrected chi connectivity index (χ2v) is 3.30. The van der Waals surface area contributed by atoms with Gasteiger partial charge >= 0.3 is 0 Å². The Morgan fingerprint density at radius 2 is 1.93 bits per heavy atom. The van der Waals surface area contributed by atoms with Crippen LogP contribution in [-0.4, -0.2) is 19.8 Å². The Balaban J connectivity index is 2.49. The van der Waals surface area contributed by atoms with Gasteiger partial charge in [-0.1, -0.05) is 12.1 Å². The Bertz CT molecular complexity index is 276. The van der Waals surface area contributed by atoms with E-state index < -0.39 is 0 Å². The van der Waals surface area contributed by atoms with Crippen molar-refractivity contribution in [2.75, 3.05) is 19.8 Å². The first-order chi connectivity index (χ1) is 7.27. The van der Waals surface area contributed by atoms with Crippen LogP contribution in [0.5, 0.6) is 5.75 Å². The lowest BCUT2D eigenvalue weighted by atomic mass is 10.1. The molecule has 0 radical (unpaired) electrons. The van der Waals surface area contributed by atoms with Gasteiger partial charge in [-0.05, 0) is 17.7 Å². The van der Waals surface area contributed by atoms with E-state index in [-0.39, 0.29) is 12.7 Å². The summed E-state index contributed by atoms with van der Waals surface area (Å²) in [6, 6.07) is 7.27. The minimum absolute atomic E-state index is 0.134. The number of alkyl halides is 1. The van der Waals surface area contributed by atoms with Gasteiger partial charge in [0, 0.05) is 19.0 Å². The van der Waals surface area contributed by atoms with E-state index in [0.29, 0.717) is 19.6 Å². The maximum Gasteiger partial charge on any atom is 0.119 e. The molecule has 0 fully saturated rings. The minimum atomic E-state index is -0.351. The van der Waals surface area contributed by atoms with E-state index in [4.69, 9.17) is 16.2 Å². The van der Waals surface area contributed by atoms with Crippen molar-refractivity contribution in [1.82, 2.24) is 0 Å². The van der Waals surface area contributed by atoms with E-state index in [9.17, 15) is 4.39 Å². The Hall–Kier alpha value is -1.13. The average molecular weight is 212 g/mol. The zero-order chi connectivity index (χ0) is 11.1. The van der Waals surface area contributed by atoms with Crippen LogP contribution in [-0.2, 0) is 0 Å². The second kappa shape index (κ2) is 6.37. The summed E-state index contributed by atoms with van der Waals surface area (Å²) in [5.74, 6) is 0.733. The van der Waals surface area contributed by atoms with Gasteiger partial charge in [0.1, 0.15) is 5.75 Å². The van der Waals surface area contributed by atoms with Crippen LogP contribution in [0.4, 0.5) is 4.39 Å². The van der Waals surface area contributed by atoms with Gasteiger partial charge < -0.3 is 16.2 Å². The van der Waals surface area contributed by atoms with Gasteiger partial charge in [-0.2, -0.15) is 0 Å². The Morgan fingerprint density at radius 1 is 1.27 bits per heavy atom. The highest BCUT2D eigenvalue weighted by Gasteiger charge is 2.02. The molecule has 0 bridgehead atoms. The van der Waals surface area contributed by atoms with Gasteiger partial charge in [0.15, 0.2) is 0 Å². The molecule has 3 nitrogen and oxygen atoms in total. The lowest BCUT2D eigenvalue weighted by molar-refractivity contribution is 0.289. The minimum Gasteiger partial charge on any atom is -0.494 e. The van der Waals surface area contributed by atoms with Gasteiger partial charge in [0.05, 0.1) is 13.3 Å². The standard InChI is InChI=1S/C11H17FN2O/c12-6-1-7-15-10-4-2-9(3-5-10)11(14)8-13/h2-5,11H,1,6-8,13-14H2/t11-/m0/s1. The predicted octanol–water partition coefficient (Wildman–Crippen LogP) is 1.38. The Kier molecular flexibility index (Phi) is 5.07. The van der Waals surface area contributed by atoms with E-state index in [1.165, 1.54) is 0 Å². The number of nitrogens with two attached hydrogens (primary N) is 2. The molecule has 1 aromatic rings. The van der Waals surface area contributed by atoms with Crippen LogP contribution >= 0.6 is 0 Å². The summed E-state index contributed by atoms with van der Waals surface area (Å²) >= 11 is 0. The summed E-state index contributed by atoms with van der Waals surface area (Å²) in [7, 11) is 0. The number of ether oxygens (including phenoxy) is 1. The molecule has 1 aromatic carbocycles. The van der Waals surface area contributed by atoms with Gasteiger partial charge in [-0.15, -0.1) is 0 Å². The average Bonchev–Trinajstić information content (AvgIpc) is 2.29. The smallest absolute Gasteiger partial charge is 0.119 e. The third-order valence-corrected chi connectivity index (χ3v) is 2.11. The van der Waals surface area contributed by atoms with Crippen molar-refractivity contribution in [2.45, 2.75) is 12.5 Å². The summed E-state index contributed by atoms with van der Waals surface area (Å²) in [6.07, 6.45) is 0.421. The fourth-order valence-electron chi connectivity index (χ4n) is 1.19. The normalized spacial score (nSPS) is 12.5. The third-order valence-electron chi connectivity index (χ3n) is 2.11. The highest BCUT2D eigenvalue weighted by atomic mass is 19.1. The van der Waals surface area contributed by atoms with Crippen LogP contribution in [0.25, 0.3) is 0 Å². The zero-order valence-corrected chi connectivity index (χ0v) is 8.66. The first kappa shape index (κ1) is 11.9. The Morgan fingerprint density at radius 3 is 2.47 bits per heavy atom. The molecule has 4 heteroatoms. The van der Waals surface area contributed by atoms with Gasteiger partial charge in [-0.3, -0.25) is 4.39 Å². The molecule has 0 saturated heterocycles. The molecule has 15 heavy (non-hydrogen) atoms. The Labute approximate surface area is 89.2 Å². The van der Waals surface area contributed by atoms with Crippen molar-refractivity contribution in [1.29, 1.82) is 0 Å². The number of hydrogen-bond acceptors (Lipinski definition) is 3. The zero-order valence-electron chi connectivity index (χ0n) is 8.66. The fourth-order valence-corrected chi connectivity index (χ4v) is 1.19. The third kappa shape index (κ3) is 3.85. The monoisotopic (exact) mass is 212 g/mol. The van der Waals surface area contributed by atoms with E-state index >= 15 is 0 Å². The number of benzene rings is 1. The quantitative estimate of drug-likeness (QED) is 0.700. The molecule has 84 valence electrons. The lowest BCUT2D eigenvalue weighted by Gasteiger charge is -2.10. The maximum atomic E-state index is 11.8. The van der Waals surface area contributed by atoms with Crippen molar-refractivity contribution in [2.24, 2.45) is 11.5 Å². The summed E-state index contributed by atoms with van der Waals surface area (Å²) in [4.78, 5) is 0. The van der Waals surface area contributed by atoms with E-state index in [1.54, 1.807) is 0 Å². The number of hydrogen-bond donors (Lipinski definition) is 2. The molecular formula is C11H17FN2O. The van der Waals surface area contributed by atoms with Crippen molar-refractivity contribution in [3.63, 3.8) is 0 Å². The van der Waals surface area contributed by atoms with Crippen molar-refractivity contribution < 1.29 is 9.13 Å². The van der Waals surface area contributed by atoms with Crippen LogP contribution < -0.4 is 16.2 Å². The van der Waals surface area contributed by atoms with Crippen LogP contribution in [0.3, 0.4) is 0 Å². The number of halogens is 1. The summed E-state index contributed by atoms with van der Waals surface area (Å²) in [5.41, 5.74) is 12.2. The van der Waals surface area contributed by atoms with Crippen LogP contribution in [0.15, 0.2) is 24.3 Å². The van der Waals surface area contributed by atoms with Gasteiger partial charge in [0.25, 0.3) is 0 Å². The van der Waals surface area contributed by atoms with Crippen LogP contribution in [0.2, 0.25) is 0 Å². The molecule has 1 atom stereocenters. The fraction of sp³-hybridized carbons (Fsp3) is 0.455. The molecule has 0 aromatic heterocycles. The maximum absolute atomic E-state index is 11.8. The van der Waals surface area contributed by atoms with E-state index in [1.807, 2.05) is 24.3 Å². The van der Waals surface area contributed by atoms with Gasteiger partial charge in [0.2, 0.25) is 0 Å². The first-order valence-electron chi connectivity index (χ1n) is 5.02. The molecule has 0 amide bonds. The second-order valence-electron chi connectivity index (χ2n) is 3.30. The van der Waals surface area contributed by atoms with E-state index in [0.717, 1.165) is 11.3 Å². The van der Waals surface area contributed by atoms with Crippen LogP contribution in [0, 0.1) is 0 Å². The molecule has 0 aliphatic rings. The topological polar surface area (TPSA) is 61.3 Å². The largest absolute Gasteiger partial charge is 0.494 e. The molecule has 0 aliphatic heterocycles. The van der Waals surface area contributed by atoms with Crippen molar-refractivity contribution in [3.05, 3.63) is 29.8 Å². The molecule has 0 aliphatic carbocycles. The SMILES string of the molecule is NC[C@H](N)c1ccc(OCCCF)cc1. The van der Waals surface area contributed by atoms with Crippen LogP contribution in [0.1, 0.15) is 18.0 Å². The molecule has 1 rings (SSSR count). The predicted molar refractivity (Wildman–Crippen MR) is 58.5 cm³/mol. The highest BCUT2D eigenvalue weighted by molar-refractivity contribution is 5.29. The highest BCUT2D eigenvalue weighted by Crippen LogP contribution is 2.15. The molecule has 0 unspecified atom stereocenters. The molecule has 4 N–H and O–H groups in total. The summed E-state index contributed by atoms with van der Waals surface area (Å²) < 4.78 is 17.1. The van der Waals surface area contributed by atoms with Crippen molar-refractivity contribution in [3.8, 4) is 5.75 Å². The lowest BCUT2D eigenvalue weighted by Crippen LogP contribution is -2.20. The van der Waals surface area contributed by atoms with Gasteiger partial charge in [-0.25, -0.2) is 0 Å². The molecule has 0 saturated carbocycles. The summed E-state index contributed by atoms with van der Waals surface area (Å²) in [5, 5.41) is 0. The summed E-state index contributed by atoms with van der Waals surface area (Å²) in [6.45, 7) is 0.469. The molecule has 0 spiro atoms. The molecule has 0 heterocycles. The van der Waals surface area contributed by atoms with Crippen molar-refractivity contribution >= 4 is 0 Å².